The molecule has 3 rings (SSSR count). The molecule has 102 valence electrons. The first-order valence-electron chi connectivity index (χ1n) is 6.77. The molecule has 20 heavy (non-hydrogen) atoms. The third-order valence-corrected chi connectivity index (χ3v) is 3.78. The molecule has 2 nitrogen and oxygen atoms in total. The van der Waals surface area contributed by atoms with E-state index in [2.05, 4.69) is 17.0 Å². The molecule has 0 fully saturated rings. The molecule has 1 aliphatic rings. The van der Waals surface area contributed by atoms with Crippen LogP contribution in [0, 0.1) is 5.82 Å². The van der Waals surface area contributed by atoms with Crippen LogP contribution in [-0.2, 0) is 13.0 Å². The summed E-state index contributed by atoms with van der Waals surface area (Å²) in [6.07, 6.45) is 0.947. The van der Waals surface area contributed by atoms with Gasteiger partial charge in [0.25, 0.3) is 0 Å². The fourth-order valence-electron chi connectivity index (χ4n) is 2.68. The minimum absolute atomic E-state index is 0.108. The minimum Gasteiger partial charge on any atom is -0.367 e. The third-order valence-electron chi connectivity index (χ3n) is 3.78. The molecule has 2 aromatic carbocycles. The zero-order valence-corrected chi connectivity index (χ0v) is 11.4. The fourth-order valence-corrected chi connectivity index (χ4v) is 2.68. The quantitative estimate of drug-likeness (QED) is 0.776. The lowest BCUT2D eigenvalue weighted by atomic mass is 9.99. The minimum atomic E-state index is -0.355. The lowest BCUT2D eigenvalue weighted by molar-refractivity contribution is 0.101. The first-order valence-corrected chi connectivity index (χ1v) is 6.77. The molecular weight excluding hydrogens is 253 g/mol. The van der Waals surface area contributed by atoms with Crippen LogP contribution in [0.25, 0.3) is 0 Å². The van der Waals surface area contributed by atoms with E-state index >= 15 is 0 Å². The Morgan fingerprint density at radius 1 is 1.15 bits per heavy atom. The van der Waals surface area contributed by atoms with Crippen molar-refractivity contribution in [3.63, 3.8) is 0 Å². The van der Waals surface area contributed by atoms with Gasteiger partial charge >= 0.3 is 0 Å². The maximum absolute atomic E-state index is 13.7. The second kappa shape index (κ2) is 5.08. The van der Waals surface area contributed by atoms with Crippen LogP contribution in [0.3, 0.4) is 0 Å². The van der Waals surface area contributed by atoms with Gasteiger partial charge in [-0.15, -0.1) is 0 Å². The third kappa shape index (κ3) is 2.44. The molecule has 0 radical (unpaired) electrons. The summed E-state index contributed by atoms with van der Waals surface area (Å²) in [4.78, 5) is 13.6. The van der Waals surface area contributed by atoms with Gasteiger partial charge in [-0.1, -0.05) is 24.3 Å². The van der Waals surface area contributed by atoms with Crippen molar-refractivity contribution in [1.82, 2.24) is 0 Å². The Bertz CT molecular complexity index is 666. The first-order chi connectivity index (χ1) is 9.63. The number of fused-ring (bicyclic) bond motifs is 1. The summed E-state index contributed by atoms with van der Waals surface area (Å²) in [5.74, 6) is -0.463. The number of carbonyl (C=O) groups is 1. The normalized spacial score (nSPS) is 14.0. The van der Waals surface area contributed by atoms with Gasteiger partial charge in [0.1, 0.15) is 5.82 Å². The standard InChI is InChI=1S/C17H16FNO/c1-12(20)15-8-16(18)10-17(9-15)19-7-6-13-4-2-3-5-14(13)11-19/h2-5,8-10H,6-7,11H2,1H3. The number of halogens is 1. The molecule has 1 aliphatic heterocycles. The Balaban J connectivity index is 1.93. The Morgan fingerprint density at radius 2 is 1.90 bits per heavy atom. The smallest absolute Gasteiger partial charge is 0.159 e. The number of rotatable bonds is 2. The van der Waals surface area contributed by atoms with Crippen molar-refractivity contribution in [2.75, 3.05) is 11.4 Å². The van der Waals surface area contributed by atoms with E-state index in [0.717, 1.165) is 25.2 Å². The highest BCUT2D eigenvalue weighted by Gasteiger charge is 2.17. The van der Waals surface area contributed by atoms with Crippen LogP contribution in [0.15, 0.2) is 42.5 Å². The van der Waals surface area contributed by atoms with Crippen LogP contribution < -0.4 is 4.90 Å². The molecule has 0 amide bonds. The molecule has 0 saturated carbocycles. The zero-order chi connectivity index (χ0) is 14.1. The highest BCUT2D eigenvalue weighted by Crippen LogP contribution is 2.26. The predicted molar refractivity (Wildman–Crippen MR) is 77.6 cm³/mol. The maximum atomic E-state index is 13.7. The van der Waals surface area contributed by atoms with Gasteiger partial charge in [0.15, 0.2) is 5.78 Å². The molecular formula is C17H16FNO. The molecule has 0 aliphatic carbocycles. The van der Waals surface area contributed by atoms with E-state index in [1.807, 2.05) is 12.1 Å². The van der Waals surface area contributed by atoms with Crippen LogP contribution >= 0.6 is 0 Å². The summed E-state index contributed by atoms with van der Waals surface area (Å²) in [6, 6.07) is 12.9. The molecule has 0 N–H and O–H groups in total. The van der Waals surface area contributed by atoms with Crippen molar-refractivity contribution in [2.24, 2.45) is 0 Å². The molecule has 0 aromatic heterocycles. The Labute approximate surface area is 117 Å². The first kappa shape index (κ1) is 12.9. The van der Waals surface area contributed by atoms with E-state index in [1.54, 1.807) is 6.07 Å². The highest BCUT2D eigenvalue weighted by atomic mass is 19.1. The average molecular weight is 269 g/mol. The molecule has 0 bridgehead atoms. The lowest BCUT2D eigenvalue weighted by Gasteiger charge is -2.31. The van der Waals surface area contributed by atoms with Gasteiger partial charge in [0.2, 0.25) is 0 Å². The zero-order valence-electron chi connectivity index (χ0n) is 11.4. The predicted octanol–water partition coefficient (Wildman–Crippen LogP) is 3.59. The Kier molecular flexibility index (Phi) is 3.26. The van der Waals surface area contributed by atoms with Gasteiger partial charge in [0.05, 0.1) is 0 Å². The fraction of sp³-hybridized carbons (Fsp3) is 0.235. The van der Waals surface area contributed by atoms with Crippen LogP contribution in [-0.4, -0.2) is 12.3 Å². The second-order valence-electron chi connectivity index (χ2n) is 5.19. The van der Waals surface area contributed by atoms with Crippen molar-refractivity contribution in [3.8, 4) is 0 Å². The van der Waals surface area contributed by atoms with Crippen molar-refractivity contribution in [1.29, 1.82) is 0 Å². The van der Waals surface area contributed by atoms with Crippen molar-refractivity contribution in [3.05, 3.63) is 65.0 Å². The second-order valence-corrected chi connectivity index (χ2v) is 5.19. The molecule has 2 aromatic rings. The largest absolute Gasteiger partial charge is 0.367 e. The highest BCUT2D eigenvalue weighted by molar-refractivity contribution is 5.95. The van der Waals surface area contributed by atoms with E-state index in [0.29, 0.717) is 5.56 Å². The molecule has 3 heteroatoms. The summed E-state index contributed by atoms with van der Waals surface area (Å²) in [7, 11) is 0. The Hall–Kier alpha value is -2.16. The lowest BCUT2D eigenvalue weighted by Crippen LogP contribution is -2.30. The number of hydrogen-bond acceptors (Lipinski definition) is 2. The van der Waals surface area contributed by atoms with E-state index in [-0.39, 0.29) is 11.6 Å². The maximum Gasteiger partial charge on any atom is 0.159 e. The summed E-state index contributed by atoms with van der Waals surface area (Å²) in [5.41, 5.74) is 3.84. The van der Waals surface area contributed by atoms with Crippen LogP contribution in [0.5, 0.6) is 0 Å². The van der Waals surface area contributed by atoms with E-state index in [9.17, 15) is 9.18 Å². The summed E-state index contributed by atoms with van der Waals surface area (Å²) < 4.78 is 13.7. The van der Waals surface area contributed by atoms with Gasteiger partial charge in [-0.2, -0.15) is 0 Å². The molecule has 0 spiro atoms. The molecule has 0 saturated heterocycles. The number of nitrogens with zero attached hydrogens (tertiary/aromatic N) is 1. The summed E-state index contributed by atoms with van der Waals surface area (Å²) >= 11 is 0. The van der Waals surface area contributed by atoms with E-state index in [1.165, 1.54) is 30.2 Å². The molecule has 1 heterocycles. The van der Waals surface area contributed by atoms with Gasteiger partial charge < -0.3 is 4.90 Å². The van der Waals surface area contributed by atoms with Crippen molar-refractivity contribution in [2.45, 2.75) is 19.9 Å². The van der Waals surface area contributed by atoms with Gasteiger partial charge in [-0.25, -0.2) is 4.39 Å². The van der Waals surface area contributed by atoms with Gasteiger partial charge in [-0.05, 0) is 42.7 Å². The van der Waals surface area contributed by atoms with Gasteiger partial charge in [-0.3, -0.25) is 4.79 Å². The number of carbonyl (C=O) groups excluding carboxylic acids is 1. The van der Waals surface area contributed by atoms with Crippen molar-refractivity contribution < 1.29 is 9.18 Å². The number of ketones is 1. The number of benzene rings is 2. The molecule has 0 unspecified atom stereocenters. The number of hydrogen-bond donors (Lipinski definition) is 0. The van der Waals surface area contributed by atoms with Crippen LogP contribution in [0.2, 0.25) is 0 Å². The molecule has 0 atom stereocenters. The monoisotopic (exact) mass is 269 g/mol. The SMILES string of the molecule is CC(=O)c1cc(F)cc(N2CCc3ccccc3C2)c1. The van der Waals surface area contributed by atoms with E-state index < -0.39 is 0 Å². The number of Topliss-reactive ketones (excluding diaryl/α,β-unsaturated/α-hetero) is 1. The van der Waals surface area contributed by atoms with Crippen LogP contribution in [0.4, 0.5) is 10.1 Å². The van der Waals surface area contributed by atoms with E-state index in [4.69, 9.17) is 0 Å². The van der Waals surface area contributed by atoms with Crippen molar-refractivity contribution >= 4 is 11.5 Å². The van der Waals surface area contributed by atoms with Crippen LogP contribution in [0.1, 0.15) is 28.4 Å². The summed E-state index contributed by atoms with van der Waals surface area (Å²) in [5, 5.41) is 0. The number of anilines is 1. The summed E-state index contributed by atoms with van der Waals surface area (Å²) in [6.45, 7) is 3.07. The topological polar surface area (TPSA) is 20.3 Å². The average Bonchev–Trinajstić information content (AvgIpc) is 2.46. The Morgan fingerprint density at radius 3 is 2.65 bits per heavy atom. The van der Waals surface area contributed by atoms with Gasteiger partial charge in [0, 0.05) is 24.3 Å².